The van der Waals surface area contributed by atoms with Gasteiger partial charge in [0.2, 0.25) is 0 Å². The Morgan fingerprint density at radius 3 is 2.61 bits per heavy atom. The second-order valence-corrected chi connectivity index (χ2v) is 9.30. The Labute approximate surface area is 170 Å². The summed E-state index contributed by atoms with van der Waals surface area (Å²) < 4.78 is 6.38. The molecule has 0 bridgehead atoms. The van der Waals surface area contributed by atoms with Crippen molar-refractivity contribution in [2.45, 2.75) is 89.1 Å². The van der Waals surface area contributed by atoms with E-state index in [-0.39, 0.29) is 11.0 Å². The molecule has 0 radical (unpaired) electrons. The first kappa shape index (κ1) is 19.6. The maximum atomic E-state index is 6.38. The Morgan fingerprint density at radius 2 is 1.86 bits per heavy atom. The van der Waals surface area contributed by atoms with Crippen LogP contribution in [0.1, 0.15) is 80.2 Å². The van der Waals surface area contributed by atoms with Crippen molar-refractivity contribution in [3.05, 3.63) is 65.0 Å². The van der Waals surface area contributed by atoms with Crippen molar-refractivity contribution in [3.63, 3.8) is 0 Å². The number of rotatable bonds is 6. The van der Waals surface area contributed by atoms with Crippen molar-refractivity contribution in [2.75, 3.05) is 6.61 Å². The normalized spacial score (nSPS) is 23.9. The van der Waals surface area contributed by atoms with Gasteiger partial charge in [-0.1, -0.05) is 49.1 Å². The lowest BCUT2D eigenvalue weighted by Gasteiger charge is -2.46. The number of aromatic nitrogens is 1. The van der Waals surface area contributed by atoms with E-state index in [0.717, 1.165) is 13.0 Å². The van der Waals surface area contributed by atoms with E-state index in [4.69, 9.17) is 9.72 Å². The predicted octanol–water partition coefficient (Wildman–Crippen LogP) is 6.47. The molecular formula is C26H35NO. The van der Waals surface area contributed by atoms with Gasteiger partial charge in [-0.3, -0.25) is 4.98 Å². The van der Waals surface area contributed by atoms with Crippen LogP contribution in [0.15, 0.2) is 42.6 Å². The molecule has 1 saturated heterocycles. The minimum absolute atomic E-state index is 0.128. The van der Waals surface area contributed by atoms with Crippen LogP contribution >= 0.6 is 0 Å². The zero-order chi connectivity index (χ0) is 19.5. The number of benzene rings is 1. The Balaban J connectivity index is 1.46. The summed E-state index contributed by atoms with van der Waals surface area (Å²) >= 11 is 0. The summed E-state index contributed by atoms with van der Waals surface area (Å²) in [6.07, 6.45) is 14.3. The quantitative estimate of drug-likeness (QED) is 0.538. The van der Waals surface area contributed by atoms with Gasteiger partial charge in [0.05, 0.1) is 5.60 Å². The Morgan fingerprint density at radius 1 is 1.00 bits per heavy atom. The van der Waals surface area contributed by atoms with Crippen LogP contribution < -0.4 is 0 Å². The van der Waals surface area contributed by atoms with E-state index >= 15 is 0 Å². The van der Waals surface area contributed by atoms with E-state index in [1.807, 2.05) is 12.3 Å². The van der Waals surface area contributed by atoms with Crippen molar-refractivity contribution in [1.82, 2.24) is 4.98 Å². The van der Waals surface area contributed by atoms with E-state index in [1.165, 1.54) is 80.2 Å². The molecule has 1 aromatic heterocycles. The third-order valence-corrected chi connectivity index (χ3v) is 7.22. The first-order chi connectivity index (χ1) is 13.6. The summed E-state index contributed by atoms with van der Waals surface area (Å²) in [6, 6.07) is 13.4. The second kappa shape index (κ2) is 8.37. The molecule has 2 nitrogen and oxygen atoms in total. The molecule has 4 rings (SSSR count). The smallest absolute Gasteiger partial charge is 0.0691 e. The third-order valence-electron chi connectivity index (χ3n) is 7.22. The summed E-state index contributed by atoms with van der Waals surface area (Å²) in [6.45, 7) is 5.32. The zero-order valence-corrected chi connectivity index (χ0v) is 17.7. The van der Waals surface area contributed by atoms with Crippen LogP contribution in [0.5, 0.6) is 0 Å². The van der Waals surface area contributed by atoms with Gasteiger partial charge in [-0.2, -0.15) is 0 Å². The number of pyridine rings is 1. The van der Waals surface area contributed by atoms with E-state index in [9.17, 15) is 0 Å². The van der Waals surface area contributed by atoms with Crippen molar-refractivity contribution < 1.29 is 4.74 Å². The van der Waals surface area contributed by atoms with Crippen molar-refractivity contribution in [3.8, 4) is 0 Å². The molecule has 28 heavy (non-hydrogen) atoms. The van der Waals surface area contributed by atoms with Gasteiger partial charge in [0.1, 0.15) is 0 Å². The Kier molecular flexibility index (Phi) is 5.87. The molecule has 2 aliphatic rings. The van der Waals surface area contributed by atoms with Gasteiger partial charge in [-0.25, -0.2) is 0 Å². The lowest BCUT2D eigenvalue weighted by atomic mass is 9.67. The highest BCUT2D eigenvalue weighted by atomic mass is 16.5. The lowest BCUT2D eigenvalue weighted by Crippen LogP contribution is -2.46. The van der Waals surface area contributed by atoms with Gasteiger partial charge in [-0.15, -0.1) is 0 Å². The minimum atomic E-state index is 0.128. The Hall–Kier alpha value is -1.67. The van der Waals surface area contributed by atoms with Crippen molar-refractivity contribution >= 4 is 0 Å². The summed E-state index contributed by atoms with van der Waals surface area (Å²) in [5.74, 6) is 0. The van der Waals surface area contributed by atoms with Crippen molar-refractivity contribution in [1.29, 1.82) is 0 Å². The maximum Gasteiger partial charge on any atom is 0.0691 e. The van der Waals surface area contributed by atoms with Crippen LogP contribution in [0, 0.1) is 13.8 Å². The van der Waals surface area contributed by atoms with Gasteiger partial charge >= 0.3 is 0 Å². The summed E-state index contributed by atoms with van der Waals surface area (Å²) in [5, 5.41) is 0. The fourth-order valence-corrected chi connectivity index (χ4v) is 5.70. The monoisotopic (exact) mass is 377 g/mol. The molecule has 1 spiro atoms. The number of hydrogen-bond acceptors (Lipinski definition) is 2. The maximum absolute atomic E-state index is 6.38. The molecule has 1 aromatic carbocycles. The number of unbranched alkanes of at least 4 members (excludes halogenated alkanes) is 1. The average Bonchev–Trinajstić information content (AvgIpc) is 3.14. The van der Waals surface area contributed by atoms with Crippen LogP contribution in [0.2, 0.25) is 0 Å². The lowest BCUT2D eigenvalue weighted by molar-refractivity contribution is -0.104. The predicted molar refractivity (Wildman–Crippen MR) is 116 cm³/mol. The zero-order valence-electron chi connectivity index (χ0n) is 17.7. The highest BCUT2D eigenvalue weighted by molar-refractivity contribution is 5.30. The van der Waals surface area contributed by atoms with E-state index in [0.29, 0.717) is 0 Å². The SMILES string of the molecule is Cc1ccc(CCCCC2(c3ccccn3)CCOC3(CCCC3)C2)c(C)c1. The van der Waals surface area contributed by atoms with E-state index < -0.39 is 0 Å². The highest BCUT2D eigenvalue weighted by Crippen LogP contribution is 2.50. The molecule has 0 amide bonds. The molecular weight excluding hydrogens is 342 g/mol. The second-order valence-electron chi connectivity index (χ2n) is 9.30. The van der Waals surface area contributed by atoms with Crippen LogP contribution in [0.3, 0.4) is 0 Å². The molecule has 150 valence electrons. The average molecular weight is 378 g/mol. The van der Waals surface area contributed by atoms with Gasteiger partial charge in [0.25, 0.3) is 0 Å². The van der Waals surface area contributed by atoms with Crippen LogP contribution in [0.25, 0.3) is 0 Å². The first-order valence-electron chi connectivity index (χ1n) is 11.2. The molecule has 1 aliphatic carbocycles. The number of hydrogen-bond donors (Lipinski definition) is 0. The minimum Gasteiger partial charge on any atom is -0.375 e. The summed E-state index contributed by atoms with van der Waals surface area (Å²) in [5.41, 5.74) is 5.94. The summed E-state index contributed by atoms with van der Waals surface area (Å²) in [4.78, 5) is 4.83. The molecule has 2 heterocycles. The first-order valence-corrected chi connectivity index (χ1v) is 11.2. The number of aryl methyl sites for hydroxylation is 3. The van der Waals surface area contributed by atoms with Gasteiger partial charge in [0.15, 0.2) is 0 Å². The topological polar surface area (TPSA) is 22.1 Å². The molecule has 1 atom stereocenters. The van der Waals surface area contributed by atoms with Crippen LogP contribution in [-0.2, 0) is 16.6 Å². The fourth-order valence-electron chi connectivity index (χ4n) is 5.70. The molecule has 2 fully saturated rings. The van der Waals surface area contributed by atoms with Gasteiger partial charge in [0, 0.05) is 23.9 Å². The molecule has 1 unspecified atom stereocenters. The fraction of sp³-hybridized carbons (Fsp3) is 0.577. The molecule has 1 aliphatic heterocycles. The van der Waals surface area contributed by atoms with E-state index in [1.54, 1.807) is 0 Å². The highest BCUT2D eigenvalue weighted by Gasteiger charge is 2.48. The van der Waals surface area contributed by atoms with Crippen LogP contribution in [-0.4, -0.2) is 17.2 Å². The number of ether oxygens (including phenoxy) is 1. The third kappa shape index (κ3) is 4.17. The van der Waals surface area contributed by atoms with Crippen molar-refractivity contribution in [2.24, 2.45) is 0 Å². The molecule has 0 N–H and O–H groups in total. The Bertz CT molecular complexity index is 778. The largest absolute Gasteiger partial charge is 0.375 e. The van der Waals surface area contributed by atoms with E-state index in [2.05, 4.69) is 44.2 Å². The van der Waals surface area contributed by atoms with Crippen LogP contribution in [0.4, 0.5) is 0 Å². The molecule has 2 heteroatoms. The standard InChI is InChI=1S/C26H35NO/c1-21-11-12-23(22(2)19-21)9-3-5-13-25(24-10-4-8-17-27-24)16-18-28-26(20-25)14-6-7-15-26/h4,8,10-12,17,19H,3,5-7,9,13-16,18,20H2,1-2H3. The number of nitrogens with zero attached hydrogens (tertiary/aromatic N) is 1. The van der Waals surface area contributed by atoms with Gasteiger partial charge < -0.3 is 4.74 Å². The molecule has 1 saturated carbocycles. The summed E-state index contributed by atoms with van der Waals surface area (Å²) in [7, 11) is 0. The van der Waals surface area contributed by atoms with Gasteiger partial charge in [-0.05, 0) is 82.1 Å². The molecule has 2 aromatic rings.